The van der Waals surface area contributed by atoms with Crippen LogP contribution >= 0.6 is 0 Å². The average molecular weight is 336 g/mol. The summed E-state index contributed by atoms with van der Waals surface area (Å²) in [7, 11) is 0. The van der Waals surface area contributed by atoms with E-state index in [0.717, 1.165) is 30.5 Å². The largest absolute Gasteiger partial charge is 0.352 e. The normalized spacial score (nSPS) is 17.2. The predicted octanol–water partition coefficient (Wildman–Crippen LogP) is 3.16. The molecular weight excluding hydrogens is 312 g/mol. The molecule has 1 fully saturated rings. The van der Waals surface area contributed by atoms with Gasteiger partial charge in [-0.25, -0.2) is 0 Å². The summed E-state index contributed by atoms with van der Waals surface area (Å²) in [6.07, 6.45) is 1.69. The van der Waals surface area contributed by atoms with Crippen LogP contribution in [0, 0.1) is 12.8 Å². The third-order valence-corrected chi connectivity index (χ3v) is 4.65. The summed E-state index contributed by atoms with van der Waals surface area (Å²) in [6.45, 7) is 3.72. The fourth-order valence-corrected chi connectivity index (χ4v) is 3.27. The van der Waals surface area contributed by atoms with Crippen LogP contribution in [0.5, 0.6) is 0 Å². The molecule has 2 amide bonds. The second-order valence-electron chi connectivity index (χ2n) is 6.66. The lowest BCUT2D eigenvalue weighted by atomic mass is 9.96. The Hall–Kier alpha value is -2.62. The molecule has 130 valence electrons. The number of rotatable bonds is 4. The van der Waals surface area contributed by atoms with Crippen LogP contribution in [-0.4, -0.2) is 29.8 Å². The highest BCUT2D eigenvalue weighted by molar-refractivity contribution is 5.95. The van der Waals surface area contributed by atoms with E-state index < -0.39 is 0 Å². The molecule has 0 radical (unpaired) electrons. The molecule has 1 N–H and O–H groups in total. The van der Waals surface area contributed by atoms with Crippen LogP contribution in [-0.2, 0) is 11.3 Å². The minimum absolute atomic E-state index is 0.0178. The molecule has 0 aromatic heterocycles. The van der Waals surface area contributed by atoms with E-state index >= 15 is 0 Å². The van der Waals surface area contributed by atoms with Gasteiger partial charge in [0.25, 0.3) is 5.91 Å². The number of carbonyl (C=O) groups excluding carboxylic acids is 2. The van der Waals surface area contributed by atoms with Crippen molar-refractivity contribution in [2.75, 3.05) is 13.1 Å². The summed E-state index contributed by atoms with van der Waals surface area (Å²) in [5.41, 5.74) is 2.85. The van der Waals surface area contributed by atoms with E-state index in [4.69, 9.17) is 0 Å². The highest BCUT2D eigenvalue weighted by Crippen LogP contribution is 2.19. The Bertz CT molecular complexity index is 743. The fraction of sp³-hybridized carbons (Fsp3) is 0.333. The first kappa shape index (κ1) is 17.2. The second kappa shape index (κ2) is 7.97. The quantitative estimate of drug-likeness (QED) is 0.932. The minimum Gasteiger partial charge on any atom is -0.352 e. The SMILES string of the molecule is Cc1cccc(C(=O)N2CCCC(C(=O)NCc3ccccc3)C2)c1. The van der Waals surface area contributed by atoms with Crippen LogP contribution in [0.2, 0.25) is 0 Å². The zero-order valence-electron chi connectivity index (χ0n) is 14.6. The van der Waals surface area contributed by atoms with Gasteiger partial charge >= 0.3 is 0 Å². The lowest BCUT2D eigenvalue weighted by Gasteiger charge is -2.32. The lowest BCUT2D eigenvalue weighted by Crippen LogP contribution is -2.45. The van der Waals surface area contributed by atoms with Crippen LogP contribution in [0.3, 0.4) is 0 Å². The number of hydrogen-bond donors (Lipinski definition) is 1. The van der Waals surface area contributed by atoms with Crippen molar-refractivity contribution in [1.82, 2.24) is 10.2 Å². The Labute approximate surface area is 148 Å². The average Bonchev–Trinajstić information content (AvgIpc) is 2.66. The molecule has 4 heteroatoms. The van der Waals surface area contributed by atoms with E-state index in [-0.39, 0.29) is 17.7 Å². The van der Waals surface area contributed by atoms with Crippen molar-refractivity contribution in [1.29, 1.82) is 0 Å². The van der Waals surface area contributed by atoms with E-state index in [1.807, 2.05) is 66.4 Å². The zero-order valence-corrected chi connectivity index (χ0v) is 14.6. The maximum absolute atomic E-state index is 12.7. The van der Waals surface area contributed by atoms with Crippen molar-refractivity contribution in [3.8, 4) is 0 Å². The number of amides is 2. The highest BCUT2D eigenvalue weighted by Gasteiger charge is 2.28. The van der Waals surface area contributed by atoms with Gasteiger partial charge in [0.1, 0.15) is 0 Å². The molecule has 0 bridgehead atoms. The van der Waals surface area contributed by atoms with Gasteiger partial charge in [0.05, 0.1) is 5.92 Å². The van der Waals surface area contributed by atoms with Crippen molar-refractivity contribution in [2.45, 2.75) is 26.3 Å². The van der Waals surface area contributed by atoms with Gasteiger partial charge in [0.2, 0.25) is 5.91 Å². The molecule has 1 aliphatic heterocycles. The Morgan fingerprint density at radius 3 is 2.68 bits per heavy atom. The number of nitrogens with zero attached hydrogens (tertiary/aromatic N) is 1. The summed E-state index contributed by atoms with van der Waals surface area (Å²) in [6, 6.07) is 17.5. The molecule has 4 nitrogen and oxygen atoms in total. The standard InChI is InChI=1S/C21H24N2O2/c1-16-7-5-10-18(13-16)21(25)23-12-6-11-19(15-23)20(24)22-14-17-8-3-2-4-9-17/h2-5,7-10,13,19H,6,11-12,14-15H2,1H3,(H,22,24). The Kier molecular flexibility index (Phi) is 5.49. The first-order valence-electron chi connectivity index (χ1n) is 8.81. The van der Waals surface area contributed by atoms with Crippen LogP contribution < -0.4 is 5.32 Å². The third-order valence-electron chi connectivity index (χ3n) is 4.65. The Balaban J connectivity index is 1.58. The molecule has 0 saturated carbocycles. The maximum atomic E-state index is 12.7. The zero-order chi connectivity index (χ0) is 17.6. The summed E-state index contributed by atoms with van der Waals surface area (Å²) in [4.78, 5) is 27.0. The minimum atomic E-state index is -0.133. The van der Waals surface area contributed by atoms with Gasteiger partial charge in [-0.2, -0.15) is 0 Å². The van der Waals surface area contributed by atoms with Crippen molar-refractivity contribution in [3.63, 3.8) is 0 Å². The predicted molar refractivity (Wildman–Crippen MR) is 98.1 cm³/mol. The van der Waals surface area contributed by atoms with Crippen LogP contribution in [0.25, 0.3) is 0 Å². The molecule has 1 unspecified atom stereocenters. The molecule has 0 spiro atoms. The summed E-state index contributed by atoms with van der Waals surface area (Å²) < 4.78 is 0. The van der Waals surface area contributed by atoms with Crippen LogP contribution in [0.4, 0.5) is 0 Å². The number of carbonyl (C=O) groups is 2. The molecule has 0 aliphatic carbocycles. The lowest BCUT2D eigenvalue weighted by molar-refractivity contribution is -0.126. The Morgan fingerprint density at radius 1 is 1.12 bits per heavy atom. The van der Waals surface area contributed by atoms with E-state index in [1.54, 1.807) is 0 Å². The van der Waals surface area contributed by atoms with Gasteiger partial charge < -0.3 is 10.2 Å². The molecule has 2 aromatic rings. The fourth-order valence-electron chi connectivity index (χ4n) is 3.27. The third kappa shape index (κ3) is 4.47. The molecule has 25 heavy (non-hydrogen) atoms. The number of nitrogens with one attached hydrogen (secondary N) is 1. The van der Waals surface area contributed by atoms with Crippen LogP contribution in [0.1, 0.15) is 34.3 Å². The van der Waals surface area contributed by atoms with Gasteiger partial charge in [-0.3, -0.25) is 9.59 Å². The topological polar surface area (TPSA) is 49.4 Å². The van der Waals surface area contributed by atoms with Gasteiger partial charge in [-0.1, -0.05) is 48.0 Å². The van der Waals surface area contributed by atoms with Crippen molar-refractivity contribution < 1.29 is 9.59 Å². The number of benzene rings is 2. The van der Waals surface area contributed by atoms with Crippen molar-refractivity contribution in [2.24, 2.45) is 5.92 Å². The number of hydrogen-bond acceptors (Lipinski definition) is 2. The molecule has 1 heterocycles. The molecular formula is C21H24N2O2. The summed E-state index contributed by atoms with van der Waals surface area (Å²) in [5, 5.41) is 3.00. The number of aryl methyl sites for hydroxylation is 1. The monoisotopic (exact) mass is 336 g/mol. The van der Waals surface area contributed by atoms with E-state index in [1.165, 1.54) is 0 Å². The van der Waals surface area contributed by atoms with Gasteiger partial charge in [0.15, 0.2) is 0 Å². The molecule has 3 rings (SSSR count). The van der Waals surface area contributed by atoms with Gasteiger partial charge in [-0.15, -0.1) is 0 Å². The summed E-state index contributed by atoms with van der Waals surface area (Å²) in [5.74, 6) is -0.0823. The second-order valence-corrected chi connectivity index (χ2v) is 6.66. The van der Waals surface area contributed by atoms with Crippen molar-refractivity contribution >= 4 is 11.8 Å². The highest BCUT2D eigenvalue weighted by atomic mass is 16.2. The van der Waals surface area contributed by atoms with E-state index in [2.05, 4.69) is 5.32 Å². The Morgan fingerprint density at radius 2 is 1.92 bits per heavy atom. The van der Waals surface area contributed by atoms with Crippen molar-refractivity contribution in [3.05, 3.63) is 71.3 Å². The van der Waals surface area contributed by atoms with Gasteiger partial charge in [0, 0.05) is 25.2 Å². The molecule has 1 aliphatic rings. The van der Waals surface area contributed by atoms with Crippen LogP contribution in [0.15, 0.2) is 54.6 Å². The summed E-state index contributed by atoms with van der Waals surface area (Å²) >= 11 is 0. The molecule has 2 aromatic carbocycles. The van der Waals surface area contributed by atoms with Gasteiger partial charge in [-0.05, 0) is 37.5 Å². The first-order chi connectivity index (χ1) is 12.1. The number of likely N-dealkylation sites (tertiary alicyclic amines) is 1. The van der Waals surface area contributed by atoms with E-state index in [0.29, 0.717) is 18.7 Å². The molecule has 1 saturated heterocycles. The first-order valence-corrected chi connectivity index (χ1v) is 8.81. The van der Waals surface area contributed by atoms with E-state index in [9.17, 15) is 9.59 Å². The number of piperidine rings is 1. The smallest absolute Gasteiger partial charge is 0.253 e. The molecule has 1 atom stereocenters. The maximum Gasteiger partial charge on any atom is 0.253 e.